The number of aromatic nitrogens is 2. The van der Waals surface area contributed by atoms with Crippen molar-refractivity contribution in [2.75, 3.05) is 11.9 Å². The summed E-state index contributed by atoms with van der Waals surface area (Å²) < 4.78 is 2.42. The van der Waals surface area contributed by atoms with Gasteiger partial charge >= 0.3 is 0 Å². The van der Waals surface area contributed by atoms with E-state index in [0.29, 0.717) is 16.8 Å². The molecule has 130 valence electrons. The van der Waals surface area contributed by atoms with Crippen molar-refractivity contribution in [2.45, 2.75) is 20.3 Å². The fraction of sp³-hybridized carbons (Fsp3) is 0.294. The molecule has 1 aliphatic heterocycles. The molecule has 0 saturated carbocycles. The van der Waals surface area contributed by atoms with Gasteiger partial charge in [0.05, 0.1) is 28.2 Å². The standard InChI is InChI=1S/C17H17BrN4O3/c1-9-15(10(2)21(3)20-9)19-14(23)6-7-22-16(24)12-5-4-11(18)8-13(12)17(22)25/h4-5,8H,6-7H2,1-3H3,(H,19,23). The lowest BCUT2D eigenvalue weighted by atomic mass is 10.1. The number of fused-ring (bicyclic) bond motifs is 1. The minimum atomic E-state index is -0.372. The number of carbonyl (C=O) groups is 3. The van der Waals surface area contributed by atoms with Crippen LogP contribution in [0.2, 0.25) is 0 Å². The van der Waals surface area contributed by atoms with Gasteiger partial charge in [0.2, 0.25) is 5.91 Å². The molecule has 2 heterocycles. The van der Waals surface area contributed by atoms with Crippen LogP contribution in [0, 0.1) is 13.8 Å². The number of amides is 3. The molecular weight excluding hydrogens is 388 g/mol. The number of rotatable bonds is 4. The Labute approximate surface area is 153 Å². The predicted molar refractivity (Wildman–Crippen MR) is 95.4 cm³/mol. The van der Waals surface area contributed by atoms with E-state index in [1.807, 2.05) is 13.8 Å². The molecule has 7 nitrogen and oxygen atoms in total. The zero-order valence-electron chi connectivity index (χ0n) is 14.1. The molecule has 1 N–H and O–H groups in total. The van der Waals surface area contributed by atoms with E-state index < -0.39 is 0 Å². The summed E-state index contributed by atoms with van der Waals surface area (Å²) in [7, 11) is 1.80. The first-order valence-corrected chi connectivity index (χ1v) is 8.54. The van der Waals surface area contributed by atoms with Crippen LogP contribution in [0.15, 0.2) is 22.7 Å². The highest BCUT2D eigenvalue weighted by molar-refractivity contribution is 9.10. The molecule has 0 spiro atoms. The lowest BCUT2D eigenvalue weighted by Gasteiger charge is -2.13. The second kappa shape index (κ2) is 6.44. The molecule has 0 unspecified atom stereocenters. The number of aryl methyl sites for hydroxylation is 2. The zero-order chi connectivity index (χ0) is 18.3. The topological polar surface area (TPSA) is 84.3 Å². The third-order valence-electron chi connectivity index (χ3n) is 4.27. The monoisotopic (exact) mass is 404 g/mol. The molecule has 0 fully saturated rings. The molecule has 0 bridgehead atoms. The first kappa shape index (κ1) is 17.3. The van der Waals surface area contributed by atoms with Gasteiger partial charge in [-0.15, -0.1) is 0 Å². The Bertz CT molecular complexity index is 904. The number of imide groups is 1. The molecule has 2 aromatic rings. The van der Waals surface area contributed by atoms with Crippen molar-refractivity contribution < 1.29 is 14.4 Å². The molecule has 3 rings (SSSR count). The third kappa shape index (κ3) is 3.09. The van der Waals surface area contributed by atoms with Crippen molar-refractivity contribution in [2.24, 2.45) is 7.05 Å². The van der Waals surface area contributed by atoms with Gasteiger partial charge in [0.25, 0.3) is 11.8 Å². The van der Waals surface area contributed by atoms with Gasteiger partial charge in [-0.2, -0.15) is 5.10 Å². The van der Waals surface area contributed by atoms with Gasteiger partial charge < -0.3 is 5.32 Å². The smallest absolute Gasteiger partial charge is 0.261 e. The number of hydrogen-bond donors (Lipinski definition) is 1. The molecule has 1 aliphatic rings. The van der Waals surface area contributed by atoms with Crippen LogP contribution in [-0.4, -0.2) is 38.9 Å². The van der Waals surface area contributed by atoms with Crippen molar-refractivity contribution in [1.82, 2.24) is 14.7 Å². The normalized spacial score (nSPS) is 13.4. The summed E-state index contributed by atoms with van der Waals surface area (Å²) in [6.07, 6.45) is 0.0282. The Kier molecular flexibility index (Phi) is 4.47. The largest absolute Gasteiger partial charge is 0.323 e. The van der Waals surface area contributed by atoms with Crippen molar-refractivity contribution in [3.05, 3.63) is 45.2 Å². The number of hydrogen-bond acceptors (Lipinski definition) is 4. The molecular formula is C17H17BrN4O3. The zero-order valence-corrected chi connectivity index (χ0v) is 15.7. The van der Waals surface area contributed by atoms with Crippen molar-refractivity contribution >= 4 is 39.3 Å². The van der Waals surface area contributed by atoms with Crippen LogP contribution < -0.4 is 5.32 Å². The number of carbonyl (C=O) groups excluding carboxylic acids is 3. The lowest BCUT2D eigenvalue weighted by molar-refractivity contribution is -0.116. The Morgan fingerprint density at radius 3 is 2.52 bits per heavy atom. The summed E-state index contributed by atoms with van der Waals surface area (Å²) in [5, 5.41) is 7.04. The molecule has 0 aliphatic carbocycles. The van der Waals surface area contributed by atoms with Crippen LogP contribution >= 0.6 is 15.9 Å². The second-order valence-corrected chi connectivity index (χ2v) is 6.84. The van der Waals surface area contributed by atoms with Gasteiger partial charge in [-0.25, -0.2) is 0 Å². The number of nitrogens with zero attached hydrogens (tertiary/aromatic N) is 3. The highest BCUT2D eigenvalue weighted by Gasteiger charge is 2.35. The van der Waals surface area contributed by atoms with Gasteiger partial charge in [0.15, 0.2) is 0 Å². The molecule has 8 heteroatoms. The fourth-order valence-electron chi connectivity index (χ4n) is 2.84. The number of nitrogens with one attached hydrogen (secondary N) is 1. The quantitative estimate of drug-likeness (QED) is 0.792. The highest BCUT2D eigenvalue weighted by atomic mass is 79.9. The number of anilines is 1. The van der Waals surface area contributed by atoms with E-state index in [1.165, 1.54) is 0 Å². The Balaban J connectivity index is 1.67. The number of halogens is 1. The van der Waals surface area contributed by atoms with Crippen LogP contribution in [-0.2, 0) is 11.8 Å². The van der Waals surface area contributed by atoms with Crippen molar-refractivity contribution in [3.8, 4) is 0 Å². The van der Waals surface area contributed by atoms with Crippen LogP contribution in [0.25, 0.3) is 0 Å². The van der Waals surface area contributed by atoms with Crippen LogP contribution in [0.4, 0.5) is 5.69 Å². The molecule has 0 radical (unpaired) electrons. The maximum atomic E-state index is 12.4. The van der Waals surface area contributed by atoms with Gasteiger partial charge in [0.1, 0.15) is 0 Å². The Hall–Kier alpha value is -2.48. The van der Waals surface area contributed by atoms with Crippen molar-refractivity contribution in [3.63, 3.8) is 0 Å². The van der Waals surface area contributed by atoms with E-state index in [4.69, 9.17) is 0 Å². The lowest BCUT2D eigenvalue weighted by Crippen LogP contribution is -2.33. The van der Waals surface area contributed by atoms with E-state index in [1.54, 1.807) is 29.9 Å². The Morgan fingerprint density at radius 2 is 1.88 bits per heavy atom. The summed E-state index contributed by atoms with van der Waals surface area (Å²) in [6.45, 7) is 3.70. The summed E-state index contributed by atoms with van der Waals surface area (Å²) >= 11 is 3.29. The van der Waals surface area contributed by atoms with Gasteiger partial charge in [-0.1, -0.05) is 15.9 Å². The first-order chi connectivity index (χ1) is 11.8. The van der Waals surface area contributed by atoms with E-state index in [2.05, 4.69) is 26.3 Å². The highest BCUT2D eigenvalue weighted by Crippen LogP contribution is 2.26. The summed E-state index contributed by atoms with van der Waals surface area (Å²) in [5.41, 5.74) is 2.96. The van der Waals surface area contributed by atoms with Crippen LogP contribution in [0.1, 0.15) is 38.5 Å². The molecule has 3 amide bonds. The molecule has 0 atom stereocenters. The Morgan fingerprint density at radius 1 is 1.20 bits per heavy atom. The predicted octanol–water partition coefficient (Wildman–Crippen LogP) is 2.42. The molecule has 1 aromatic carbocycles. The minimum absolute atomic E-state index is 0.0282. The van der Waals surface area contributed by atoms with E-state index in [9.17, 15) is 14.4 Å². The summed E-state index contributed by atoms with van der Waals surface area (Å²) in [6, 6.07) is 4.95. The molecule has 0 saturated heterocycles. The third-order valence-corrected chi connectivity index (χ3v) is 4.76. The summed E-state index contributed by atoms with van der Waals surface area (Å²) in [4.78, 5) is 38.1. The second-order valence-electron chi connectivity index (χ2n) is 5.92. The fourth-order valence-corrected chi connectivity index (χ4v) is 3.20. The maximum Gasteiger partial charge on any atom is 0.261 e. The average molecular weight is 405 g/mol. The minimum Gasteiger partial charge on any atom is -0.323 e. The van der Waals surface area contributed by atoms with Gasteiger partial charge in [0, 0.05) is 24.5 Å². The first-order valence-electron chi connectivity index (χ1n) is 7.75. The summed E-state index contributed by atoms with van der Waals surface area (Å²) in [5.74, 6) is -1.01. The van der Waals surface area contributed by atoms with Crippen LogP contribution in [0.3, 0.4) is 0 Å². The average Bonchev–Trinajstić information content (AvgIpc) is 2.94. The van der Waals surface area contributed by atoms with E-state index in [0.717, 1.165) is 20.8 Å². The van der Waals surface area contributed by atoms with Gasteiger partial charge in [-0.3, -0.25) is 24.0 Å². The number of benzene rings is 1. The van der Waals surface area contributed by atoms with Crippen LogP contribution in [0.5, 0.6) is 0 Å². The van der Waals surface area contributed by atoms with Crippen molar-refractivity contribution in [1.29, 1.82) is 0 Å². The molecule has 1 aromatic heterocycles. The SMILES string of the molecule is Cc1nn(C)c(C)c1NC(=O)CCN1C(=O)c2ccc(Br)cc2C1=O. The van der Waals surface area contributed by atoms with Gasteiger partial charge in [-0.05, 0) is 32.0 Å². The van der Waals surface area contributed by atoms with E-state index in [-0.39, 0.29) is 30.7 Å². The molecule has 25 heavy (non-hydrogen) atoms. The van der Waals surface area contributed by atoms with E-state index >= 15 is 0 Å². The maximum absolute atomic E-state index is 12.4.